The van der Waals surface area contributed by atoms with Crippen molar-refractivity contribution >= 4 is 21.7 Å². The van der Waals surface area contributed by atoms with Gasteiger partial charge in [-0.1, -0.05) is 22.0 Å². The number of nitrogens with one attached hydrogen (secondary N) is 1. The molecule has 0 amide bonds. The molecule has 1 unspecified atom stereocenters. The Kier molecular flexibility index (Phi) is 4.17. The Labute approximate surface area is 115 Å². The molecule has 4 heteroatoms. The van der Waals surface area contributed by atoms with E-state index in [4.69, 9.17) is 0 Å². The third-order valence-corrected chi connectivity index (χ3v) is 4.09. The van der Waals surface area contributed by atoms with Gasteiger partial charge >= 0.3 is 0 Å². The van der Waals surface area contributed by atoms with Crippen molar-refractivity contribution in [1.29, 1.82) is 0 Å². The molecule has 1 fully saturated rings. The van der Waals surface area contributed by atoms with E-state index < -0.39 is 5.54 Å². The Morgan fingerprint density at radius 3 is 2.89 bits per heavy atom. The molecule has 0 aromatic heterocycles. The Morgan fingerprint density at radius 2 is 2.28 bits per heavy atom. The number of carbonyl (C=O) groups excluding carboxylic acids is 1. The lowest BCUT2D eigenvalue weighted by molar-refractivity contribution is -0.125. The number of rotatable bonds is 3. The number of benzene rings is 1. The van der Waals surface area contributed by atoms with E-state index >= 15 is 0 Å². The molecule has 0 radical (unpaired) electrons. The smallest absolute Gasteiger partial charge is 0.157 e. The minimum absolute atomic E-state index is 0.0726. The van der Waals surface area contributed by atoms with Crippen molar-refractivity contribution in [2.75, 3.05) is 6.54 Å². The Bertz CT molecular complexity index is 455. The van der Waals surface area contributed by atoms with Crippen molar-refractivity contribution in [1.82, 2.24) is 5.32 Å². The highest BCUT2D eigenvalue weighted by molar-refractivity contribution is 9.10. The topological polar surface area (TPSA) is 29.1 Å². The molecule has 1 N–H and O–H groups in total. The Balaban J connectivity index is 2.11. The molecular formula is C14H17BrFNO. The van der Waals surface area contributed by atoms with Gasteiger partial charge in [-0.25, -0.2) is 4.39 Å². The first-order valence-corrected chi connectivity index (χ1v) is 7.03. The fourth-order valence-electron chi connectivity index (χ4n) is 2.33. The molecular weight excluding hydrogens is 297 g/mol. The number of piperidine rings is 1. The van der Waals surface area contributed by atoms with E-state index in [1.807, 2.05) is 6.92 Å². The van der Waals surface area contributed by atoms with Crippen LogP contribution in [0.15, 0.2) is 22.7 Å². The second-order valence-electron chi connectivity index (χ2n) is 5.05. The summed E-state index contributed by atoms with van der Waals surface area (Å²) in [5.41, 5.74) is -0.0191. The zero-order valence-electron chi connectivity index (χ0n) is 10.4. The Morgan fingerprint density at radius 1 is 1.50 bits per heavy atom. The zero-order valence-corrected chi connectivity index (χ0v) is 12.0. The van der Waals surface area contributed by atoms with Crippen LogP contribution in [0, 0.1) is 5.82 Å². The summed E-state index contributed by atoms with van der Waals surface area (Å²) in [7, 11) is 0. The number of halogens is 2. The summed E-state index contributed by atoms with van der Waals surface area (Å²) in [5.74, 6) is -0.249. The summed E-state index contributed by atoms with van der Waals surface area (Å²) in [4.78, 5) is 12.3. The lowest BCUT2D eigenvalue weighted by atomic mass is 9.84. The summed E-state index contributed by atoms with van der Waals surface area (Å²) in [5, 5.41) is 3.27. The van der Waals surface area contributed by atoms with E-state index in [0.29, 0.717) is 10.0 Å². The molecule has 1 aromatic carbocycles. The van der Waals surface area contributed by atoms with Gasteiger partial charge in [-0.05, 0) is 50.4 Å². The van der Waals surface area contributed by atoms with Crippen molar-refractivity contribution in [3.05, 3.63) is 34.1 Å². The van der Waals surface area contributed by atoms with Gasteiger partial charge < -0.3 is 5.32 Å². The van der Waals surface area contributed by atoms with Crippen LogP contribution in [0.4, 0.5) is 4.39 Å². The van der Waals surface area contributed by atoms with Crippen LogP contribution in [0.3, 0.4) is 0 Å². The van der Waals surface area contributed by atoms with E-state index in [1.54, 1.807) is 12.1 Å². The SMILES string of the molecule is CC1(C(=O)Cc2ccc(Br)cc2F)CCCCN1. The molecule has 1 saturated heterocycles. The van der Waals surface area contributed by atoms with Crippen LogP contribution in [0.1, 0.15) is 31.7 Å². The average Bonchev–Trinajstić information content (AvgIpc) is 2.33. The number of hydrogen-bond donors (Lipinski definition) is 1. The van der Waals surface area contributed by atoms with Gasteiger partial charge in [-0.3, -0.25) is 4.79 Å². The van der Waals surface area contributed by atoms with Gasteiger partial charge in [0.25, 0.3) is 0 Å². The standard InChI is InChI=1S/C14H17BrFNO/c1-14(6-2-3-7-17-14)13(18)8-10-4-5-11(15)9-12(10)16/h4-5,9,17H,2-3,6-8H2,1H3. The van der Waals surface area contributed by atoms with Gasteiger partial charge in [0, 0.05) is 10.9 Å². The summed E-state index contributed by atoms with van der Waals surface area (Å²) in [6, 6.07) is 4.84. The van der Waals surface area contributed by atoms with Crippen LogP contribution >= 0.6 is 15.9 Å². The van der Waals surface area contributed by atoms with Crippen LogP contribution in [-0.2, 0) is 11.2 Å². The maximum atomic E-state index is 13.7. The van der Waals surface area contributed by atoms with Crippen LogP contribution in [0.25, 0.3) is 0 Å². The number of ketones is 1. The molecule has 1 aliphatic rings. The van der Waals surface area contributed by atoms with Crippen LogP contribution in [0.5, 0.6) is 0 Å². The van der Waals surface area contributed by atoms with Gasteiger partial charge in [-0.15, -0.1) is 0 Å². The monoisotopic (exact) mass is 313 g/mol. The van der Waals surface area contributed by atoms with E-state index in [1.165, 1.54) is 6.07 Å². The van der Waals surface area contributed by atoms with Crippen molar-refractivity contribution < 1.29 is 9.18 Å². The van der Waals surface area contributed by atoms with Crippen molar-refractivity contribution in [2.24, 2.45) is 0 Å². The first kappa shape index (κ1) is 13.7. The first-order chi connectivity index (χ1) is 8.51. The van der Waals surface area contributed by atoms with Gasteiger partial charge in [0.15, 0.2) is 5.78 Å². The average molecular weight is 314 g/mol. The molecule has 0 aliphatic carbocycles. The van der Waals surface area contributed by atoms with Gasteiger partial charge in [0.1, 0.15) is 5.82 Å². The first-order valence-electron chi connectivity index (χ1n) is 6.23. The molecule has 1 heterocycles. The molecule has 1 aliphatic heterocycles. The number of hydrogen-bond acceptors (Lipinski definition) is 2. The Hall–Kier alpha value is -0.740. The normalized spacial score (nSPS) is 23.9. The zero-order chi connectivity index (χ0) is 13.2. The summed E-state index contributed by atoms with van der Waals surface area (Å²) in [6.07, 6.45) is 3.15. The van der Waals surface area contributed by atoms with Crippen LogP contribution < -0.4 is 5.32 Å². The number of carbonyl (C=O) groups is 1. The van der Waals surface area contributed by atoms with Crippen molar-refractivity contribution in [2.45, 2.75) is 38.1 Å². The predicted molar refractivity (Wildman–Crippen MR) is 73.1 cm³/mol. The maximum absolute atomic E-state index is 13.7. The van der Waals surface area contributed by atoms with Gasteiger partial charge in [0.05, 0.1) is 5.54 Å². The number of Topliss-reactive ketones (excluding diaryl/α,β-unsaturated/α-hetero) is 1. The maximum Gasteiger partial charge on any atom is 0.157 e. The van der Waals surface area contributed by atoms with E-state index in [0.717, 1.165) is 25.8 Å². The highest BCUT2D eigenvalue weighted by Gasteiger charge is 2.33. The lowest BCUT2D eigenvalue weighted by Crippen LogP contribution is -2.52. The highest BCUT2D eigenvalue weighted by Crippen LogP contribution is 2.23. The lowest BCUT2D eigenvalue weighted by Gasteiger charge is -2.33. The summed E-state index contributed by atoms with van der Waals surface area (Å²) in [6.45, 7) is 2.79. The highest BCUT2D eigenvalue weighted by atomic mass is 79.9. The summed E-state index contributed by atoms with van der Waals surface area (Å²) >= 11 is 3.21. The van der Waals surface area contributed by atoms with Gasteiger partial charge in [-0.2, -0.15) is 0 Å². The fraction of sp³-hybridized carbons (Fsp3) is 0.500. The van der Waals surface area contributed by atoms with Crippen LogP contribution in [0.2, 0.25) is 0 Å². The molecule has 0 spiro atoms. The molecule has 2 rings (SSSR count). The largest absolute Gasteiger partial charge is 0.305 e. The molecule has 1 aromatic rings. The summed E-state index contributed by atoms with van der Waals surface area (Å²) < 4.78 is 14.4. The predicted octanol–water partition coefficient (Wildman–Crippen LogP) is 3.23. The van der Waals surface area contributed by atoms with Gasteiger partial charge in [0.2, 0.25) is 0 Å². The molecule has 1 atom stereocenters. The van der Waals surface area contributed by atoms with Crippen molar-refractivity contribution in [3.63, 3.8) is 0 Å². The second-order valence-corrected chi connectivity index (χ2v) is 5.97. The molecule has 2 nitrogen and oxygen atoms in total. The minimum Gasteiger partial charge on any atom is -0.305 e. The molecule has 0 bridgehead atoms. The van der Waals surface area contributed by atoms with Crippen LogP contribution in [-0.4, -0.2) is 17.9 Å². The fourth-order valence-corrected chi connectivity index (χ4v) is 2.66. The molecule has 18 heavy (non-hydrogen) atoms. The van der Waals surface area contributed by atoms with E-state index in [-0.39, 0.29) is 18.0 Å². The molecule has 98 valence electrons. The quantitative estimate of drug-likeness (QED) is 0.928. The van der Waals surface area contributed by atoms with E-state index in [2.05, 4.69) is 21.2 Å². The van der Waals surface area contributed by atoms with Crippen molar-refractivity contribution in [3.8, 4) is 0 Å². The third kappa shape index (κ3) is 2.98. The van der Waals surface area contributed by atoms with E-state index in [9.17, 15) is 9.18 Å². The molecule has 0 saturated carbocycles. The second kappa shape index (κ2) is 5.49. The third-order valence-electron chi connectivity index (χ3n) is 3.60. The minimum atomic E-state index is -0.488.